The number of sulfone groups is 1. The van der Waals surface area contributed by atoms with E-state index in [0.29, 0.717) is 21.8 Å². The Bertz CT molecular complexity index is 1030. The van der Waals surface area contributed by atoms with Crippen molar-refractivity contribution in [1.29, 1.82) is 0 Å². The first-order chi connectivity index (χ1) is 11.3. The summed E-state index contributed by atoms with van der Waals surface area (Å²) in [7, 11) is -3.30. The summed E-state index contributed by atoms with van der Waals surface area (Å²) in [6.07, 6.45) is 2.75. The third kappa shape index (κ3) is 3.39. The molecule has 0 atom stereocenters. The number of aromatic nitrogens is 1. The Morgan fingerprint density at radius 2 is 1.83 bits per heavy atom. The summed E-state index contributed by atoms with van der Waals surface area (Å²) in [5.41, 5.74) is 1.46. The molecule has 2 aromatic carbocycles. The van der Waals surface area contributed by atoms with Gasteiger partial charge in [0.25, 0.3) is 5.91 Å². The highest BCUT2D eigenvalue weighted by Crippen LogP contribution is 2.26. The van der Waals surface area contributed by atoms with Crippen molar-refractivity contribution in [2.24, 2.45) is 0 Å². The quantitative estimate of drug-likeness (QED) is 0.775. The Morgan fingerprint density at radius 3 is 2.50 bits per heavy atom. The first kappa shape index (κ1) is 16.4. The number of carbonyl (C=O) groups excluding carboxylic acids is 1. The van der Waals surface area contributed by atoms with E-state index in [0.717, 1.165) is 11.6 Å². The van der Waals surface area contributed by atoms with Gasteiger partial charge in [-0.1, -0.05) is 17.7 Å². The summed E-state index contributed by atoms with van der Waals surface area (Å²) in [6.45, 7) is 0. The van der Waals surface area contributed by atoms with E-state index < -0.39 is 9.84 Å². The molecule has 0 spiro atoms. The number of amides is 1. The van der Waals surface area contributed by atoms with Gasteiger partial charge in [-0.2, -0.15) is 0 Å². The normalized spacial score (nSPS) is 11.4. The molecule has 0 saturated carbocycles. The van der Waals surface area contributed by atoms with Crippen LogP contribution in [0, 0.1) is 0 Å². The molecule has 7 heteroatoms. The monoisotopic (exact) mass is 360 g/mol. The summed E-state index contributed by atoms with van der Waals surface area (Å²) in [6, 6.07) is 12.8. The van der Waals surface area contributed by atoms with Crippen LogP contribution in [-0.2, 0) is 9.84 Å². The molecular weight excluding hydrogens is 348 g/mol. The van der Waals surface area contributed by atoms with Crippen molar-refractivity contribution in [3.63, 3.8) is 0 Å². The van der Waals surface area contributed by atoms with Gasteiger partial charge in [0.2, 0.25) is 0 Å². The van der Waals surface area contributed by atoms with Crippen LogP contribution in [0.25, 0.3) is 10.9 Å². The highest BCUT2D eigenvalue weighted by molar-refractivity contribution is 7.90. The molecule has 1 N–H and O–H groups in total. The third-order valence-electron chi connectivity index (χ3n) is 3.46. The van der Waals surface area contributed by atoms with Crippen LogP contribution in [-0.4, -0.2) is 25.6 Å². The van der Waals surface area contributed by atoms with Crippen LogP contribution in [0.1, 0.15) is 10.4 Å². The standard InChI is InChI=1S/C17H13ClN2O3S/c1-24(22,23)14-6-4-11(5-7-14)17(21)20-15-10-13(18)9-12-3-2-8-19-16(12)15/h2-10H,1H3,(H,20,21). The number of hydrogen-bond donors (Lipinski definition) is 1. The number of fused-ring (bicyclic) bond motifs is 1. The van der Waals surface area contributed by atoms with Crippen molar-refractivity contribution < 1.29 is 13.2 Å². The van der Waals surface area contributed by atoms with Crippen molar-refractivity contribution in [2.45, 2.75) is 4.90 Å². The first-order valence-electron chi connectivity index (χ1n) is 7.00. The topological polar surface area (TPSA) is 76.1 Å². The zero-order valence-corrected chi connectivity index (χ0v) is 14.2. The molecule has 0 radical (unpaired) electrons. The molecule has 0 aliphatic heterocycles. The Labute approximate surface area is 144 Å². The van der Waals surface area contributed by atoms with E-state index in [-0.39, 0.29) is 10.8 Å². The molecule has 0 bridgehead atoms. The zero-order valence-electron chi connectivity index (χ0n) is 12.7. The van der Waals surface area contributed by atoms with E-state index in [9.17, 15) is 13.2 Å². The molecule has 3 rings (SSSR count). The Balaban J connectivity index is 1.93. The van der Waals surface area contributed by atoms with Gasteiger partial charge in [-0.3, -0.25) is 9.78 Å². The van der Waals surface area contributed by atoms with E-state index in [2.05, 4.69) is 10.3 Å². The average molecular weight is 361 g/mol. The lowest BCUT2D eigenvalue weighted by atomic mass is 10.1. The number of halogens is 1. The van der Waals surface area contributed by atoms with Gasteiger partial charge in [-0.15, -0.1) is 0 Å². The summed E-state index contributed by atoms with van der Waals surface area (Å²) in [4.78, 5) is 16.8. The van der Waals surface area contributed by atoms with Crippen molar-refractivity contribution in [2.75, 3.05) is 11.6 Å². The van der Waals surface area contributed by atoms with E-state index in [4.69, 9.17) is 11.6 Å². The Hall–Kier alpha value is -2.44. The van der Waals surface area contributed by atoms with Crippen LogP contribution in [0.15, 0.2) is 59.6 Å². The number of anilines is 1. The lowest BCUT2D eigenvalue weighted by Gasteiger charge is -2.09. The lowest BCUT2D eigenvalue weighted by Crippen LogP contribution is -2.12. The van der Waals surface area contributed by atoms with Crippen molar-refractivity contribution in [3.8, 4) is 0 Å². The molecule has 24 heavy (non-hydrogen) atoms. The summed E-state index contributed by atoms with van der Waals surface area (Å²) < 4.78 is 22.9. The number of nitrogens with one attached hydrogen (secondary N) is 1. The molecule has 1 aromatic heterocycles. The molecule has 1 heterocycles. The summed E-state index contributed by atoms with van der Waals surface area (Å²) in [5, 5.41) is 4.06. The molecule has 0 unspecified atom stereocenters. The number of pyridine rings is 1. The van der Waals surface area contributed by atoms with Crippen LogP contribution in [0.2, 0.25) is 5.02 Å². The van der Waals surface area contributed by atoms with Crippen LogP contribution in [0.5, 0.6) is 0 Å². The smallest absolute Gasteiger partial charge is 0.255 e. The molecule has 0 aliphatic carbocycles. The molecule has 0 saturated heterocycles. The van der Waals surface area contributed by atoms with Crippen molar-refractivity contribution >= 4 is 43.9 Å². The van der Waals surface area contributed by atoms with Crippen molar-refractivity contribution in [3.05, 3.63) is 65.3 Å². The minimum absolute atomic E-state index is 0.161. The highest BCUT2D eigenvalue weighted by atomic mass is 35.5. The van der Waals surface area contributed by atoms with Gasteiger partial charge in [0, 0.05) is 28.4 Å². The van der Waals surface area contributed by atoms with Gasteiger partial charge in [-0.25, -0.2) is 8.42 Å². The predicted octanol–water partition coefficient (Wildman–Crippen LogP) is 3.54. The fraction of sp³-hybridized carbons (Fsp3) is 0.0588. The molecule has 122 valence electrons. The van der Waals surface area contributed by atoms with E-state index >= 15 is 0 Å². The van der Waals surface area contributed by atoms with E-state index in [1.165, 1.54) is 24.3 Å². The van der Waals surface area contributed by atoms with Crippen LogP contribution < -0.4 is 5.32 Å². The number of hydrogen-bond acceptors (Lipinski definition) is 4. The SMILES string of the molecule is CS(=O)(=O)c1ccc(C(=O)Nc2cc(Cl)cc3cccnc23)cc1. The van der Waals surface area contributed by atoms with Gasteiger partial charge in [0.1, 0.15) is 0 Å². The van der Waals surface area contributed by atoms with Crippen LogP contribution >= 0.6 is 11.6 Å². The number of carbonyl (C=O) groups is 1. The average Bonchev–Trinajstić information content (AvgIpc) is 2.54. The lowest BCUT2D eigenvalue weighted by molar-refractivity contribution is 0.102. The fourth-order valence-electron chi connectivity index (χ4n) is 2.30. The van der Waals surface area contributed by atoms with E-state index in [1.54, 1.807) is 24.4 Å². The number of nitrogens with zero attached hydrogens (tertiary/aromatic N) is 1. The Kier molecular flexibility index (Phi) is 4.26. The zero-order chi connectivity index (χ0) is 17.3. The summed E-state index contributed by atoms with van der Waals surface area (Å²) in [5.74, 6) is -0.371. The minimum Gasteiger partial charge on any atom is -0.320 e. The molecule has 3 aromatic rings. The maximum atomic E-state index is 12.4. The largest absolute Gasteiger partial charge is 0.320 e. The Morgan fingerprint density at radius 1 is 1.12 bits per heavy atom. The van der Waals surface area contributed by atoms with Gasteiger partial charge in [0.15, 0.2) is 9.84 Å². The third-order valence-corrected chi connectivity index (χ3v) is 4.81. The number of rotatable bonds is 3. The van der Waals surface area contributed by atoms with Crippen LogP contribution in [0.3, 0.4) is 0 Å². The fourth-order valence-corrected chi connectivity index (χ4v) is 3.16. The van der Waals surface area contributed by atoms with Crippen molar-refractivity contribution in [1.82, 2.24) is 4.98 Å². The maximum Gasteiger partial charge on any atom is 0.255 e. The van der Waals surface area contributed by atoms with Gasteiger partial charge < -0.3 is 5.32 Å². The van der Waals surface area contributed by atoms with Gasteiger partial charge >= 0.3 is 0 Å². The molecule has 0 aliphatic rings. The molecule has 0 fully saturated rings. The summed E-state index contributed by atoms with van der Waals surface area (Å²) >= 11 is 6.08. The molecule has 5 nitrogen and oxygen atoms in total. The predicted molar refractivity (Wildman–Crippen MR) is 94.3 cm³/mol. The molecular formula is C17H13ClN2O3S. The second-order valence-corrected chi connectivity index (χ2v) is 7.73. The first-order valence-corrected chi connectivity index (χ1v) is 9.27. The maximum absolute atomic E-state index is 12.4. The second kappa shape index (κ2) is 6.22. The van der Waals surface area contributed by atoms with Gasteiger partial charge in [-0.05, 0) is 42.5 Å². The van der Waals surface area contributed by atoms with Crippen LogP contribution in [0.4, 0.5) is 5.69 Å². The second-order valence-electron chi connectivity index (χ2n) is 5.28. The molecule has 1 amide bonds. The minimum atomic E-state index is -3.30. The number of benzene rings is 2. The van der Waals surface area contributed by atoms with Gasteiger partial charge in [0.05, 0.1) is 16.1 Å². The highest BCUT2D eigenvalue weighted by Gasteiger charge is 2.12. The van der Waals surface area contributed by atoms with E-state index in [1.807, 2.05) is 6.07 Å².